The average Bonchev–Trinajstić information content (AvgIpc) is 2.34. The molecule has 1 aromatic carbocycles. The second kappa shape index (κ2) is 7.88. The van der Waals surface area contributed by atoms with Crippen molar-refractivity contribution in [1.82, 2.24) is 0 Å². The minimum Gasteiger partial charge on any atom is -0.374 e. The van der Waals surface area contributed by atoms with Crippen LogP contribution in [0.3, 0.4) is 0 Å². The summed E-state index contributed by atoms with van der Waals surface area (Å²) in [6, 6.07) is 7.81. The van der Waals surface area contributed by atoms with Crippen LogP contribution in [0.2, 0.25) is 0 Å². The molecule has 0 saturated carbocycles. The summed E-state index contributed by atoms with van der Waals surface area (Å²) in [4.78, 5) is 11.6. The van der Waals surface area contributed by atoms with Crippen LogP contribution in [0.4, 0.5) is 5.69 Å². The van der Waals surface area contributed by atoms with E-state index < -0.39 is 0 Å². The number of benzene rings is 1. The molecule has 100 valence electrons. The highest BCUT2D eigenvalue weighted by atomic mass is 16.5. The summed E-state index contributed by atoms with van der Waals surface area (Å²) in [6.07, 6.45) is 2.77. The summed E-state index contributed by atoms with van der Waals surface area (Å²) in [6.45, 7) is 6.68. The Kier molecular flexibility index (Phi) is 6.44. The van der Waals surface area contributed by atoms with Crippen molar-refractivity contribution in [1.29, 1.82) is 0 Å². The van der Waals surface area contributed by atoms with Crippen molar-refractivity contribution < 1.29 is 9.53 Å². The molecule has 0 fully saturated rings. The van der Waals surface area contributed by atoms with Gasteiger partial charge in [-0.25, -0.2) is 0 Å². The third-order valence-corrected chi connectivity index (χ3v) is 2.55. The van der Waals surface area contributed by atoms with Crippen molar-refractivity contribution in [2.75, 3.05) is 5.32 Å². The van der Waals surface area contributed by atoms with Gasteiger partial charge in [0.25, 0.3) is 0 Å². The van der Waals surface area contributed by atoms with Crippen LogP contribution in [0.25, 0.3) is 0 Å². The Morgan fingerprint density at radius 1 is 1.39 bits per heavy atom. The monoisotopic (exact) mass is 249 g/mol. The van der Waals surface area contributed by atoms with Gasteiger partial charge >= 0.3 is 0 Å². The van der Waals surface area contributed by atoms with Gasteiger partial charge in [-0.05, 0) is 38.0 Å². The summed E-state index contributed by atoms with van der Waals surface area (Å²) in [7, 11) is 0. The van der Waals surface area contributed by atoms with Crippen molar-refractivity contribution in [2.24, 2.45) is 0 Å². The first-order chi connectivity index (χ1) is 8.61. The molecule has 0 saturated heterocycles. The van der Waals surface area contributed by atoms with E-state index in [1.165, 1.54) is 0 Å². The van der Waals surface area contributed by atoms with Gasteiger partial charge in [-0.3, -0.25) is 4.79 Å². The maximum absolute atomic E-state index is 11.6. The molecule has 1 rings (SSSR count). The largest absolute Gasteiger partial charge is 0.374 e. The zero-order chi connectivity index (χ0) is 13.4. The van der Waals surface area contributed by atoms with E-state index in [0.717, 1.165) is 24.1 Å². The number of carbonyl (C=O) groups excluding carboxylic acids is 1. The van der Waals surface area contributed by atoms with Gasteiger partial charge in [0.15, 0.2) is 0 Å². The standard InChI is InChI=1S/C15H23NO2/c1-4-5-9-15(17)16-14-8-6-7-13(10-14)11-18-12(2)3/h6-8,10,12H,4-5,9,11H2,1-3H3,(H,16,17). The van der Waals surface area contributed by atoms with Crippen LogP contribution in [0.15, 0.2) is 24.3 Å². The maximum atomic E-state index is 11.6. The molecule has 3 heteroatoms. The highest BCUT2D eigenvalue weighted by Crippen LogP contribution is 2.13. The Balaban J connectivity index is 2.51. The van der Waals surface area contributed by atoms with E-state index >= 15 is 0 Å². The van der Waals surface area contributed by atoms with Crippen molar-refractivity contribution in [3.05, 3.63) is 29.8 Å². The van der Waals surface area contributed by atoms with Gasteiger partial charge < -0.3 is 10.1 Å². The number of amides is 1. The number of hydrogen-bond acceptors (Lipinski definition) is 2. The molecule has 0 aliphatic carbocycles. The fourth-order valence-corrected chi connectivity index (χ4v) is 1.56. The van der Waals surface area contributed by atoms with E-state index in [9.17, 15) is 4.79 Å². The van der Waals surface area contributed by atoms with E-state index in [4.69, 9.17) is 4.74 Å². The lowest BCUT2D eigenvalue weighted by molar-refractivity contribution is -0.116. The number of unbranched alkanes of at least 4 members (excludes halogenated alkanes) is 1. The molecule has 18 heavy (non-hydrogen) atoms. The van der Waals surface area contributed by atoms with Crippen LogP contribution in [0, 0.1) is 0 Å². The fourth-order valence-electron chi connectivity index (χ4n) is 1.56. The topological polar surface area (TPSA) is 38.3 Å². The first-order valence-corrected chi connectivity index (χ1v) is 6.62. The van der Waals surface area contributed by atoms with Crippen LogP contribution in [-0.4, -0.2) is 12.0 Å². The molecule has 0 aliphatic heterocycles. The number of anilines is 1. The van der Waals surface area contributed by atoms with Gasteiger partial charge in [0.05, 0.1) is 12.7 Å². The first-order valence-electron chi connectivity index (χ1n) is 6.62. The SMILES string of the molecule is CCCCC(=O)Nc1cccc(COC(C)C)c1. The lowest BCUT2D eigenvalue weighted by atomic mass is 10.2. The molecule has 1 amide bonds. The Hall–Kier alpha value is -1.35. The highest BCUT2D eigenvalue weighted by molar-refractivity contribution is 5.90. The third kappa shape index (κ3) is 5.82. The van der Waals surface area contributed by atoms with Crippen molar-refractivity contribution in [2.45, 2.75) is 52.7 Å². The van der Waals surface area contributed by atoms with E-state index in [0.29, 0.717) is 13.0 Å². The Morgan fingerprint density at radius 3 is 2.83 bits per heavy atom. The minimum absolute atomic E-state index is 0.0822. The molecule has 0 aliphatic rings. The molecular formula is C15H23NO2. The number of hydrogen-bond donors (Lipinski definition) is 1. The van der Waals surface area contributed by atoms with E-state index in [1.807, 2.05) is 38.1 Å². The Morgan fingerprint density at radius 2 is 2.17 bits per heavy atom. The normalized spacial score (nSPS) is 10.7. The maximum Gasteiger partial charge on any atom is 0.224 e. The molecule has 0 radical (unpaired) electrons. The third-order valence-electron chi connectivity index (χ3n) is 2.55. The summed E-state index contributed by atoms with van der Waals surface area (Å²) >= 11 is 0. The van der Waals surface area contributed by atoms with Crippen LogP contribution in [-0.2, 0) is 16.1 Å². The van der Waals surface area contributed by atoms with E-state index in [-0.39, 0.29) is 12.0 Å². The van der Waals surface area contributed by atoms with Crippen molar-refractivity contribution >= 4 is 11.6 Å². The molecule has 0 aromatic heterocycles. The zero-order valence-corrected chi connectivity index (χ0v) is 11.5. The van der Waals surface area contributed by atoms with Gasteiger partial charge in [-0.1, -0.05) is 25.5 Å². The Labute approximate surface area is 110 Å². The predicted molar refractivity (Wildman–Crippen MR) is 74.5 cm³/mol. The number of rotatable bonds is 7. The molecule has 0 atom stereocenters. The molecule has 0 unspecified atom stereocenters. The molecule has 3 nitrogen and oxygen atoms in total. The predicted octanol–water partition coefficient (Wildman–Crippen LogP) is 3.74. The van der Waals surface area contributed by atoms with Gasteiger partial charge in [-0.2, -0.15) is 0 Å². The van der Waals surface area contributed by atoms with Crippen LogP contribution in [0.5, 0.6) is 0 Å². The van der Waals surface area contributed by atoms with Crippen LogP contribution < -0.4 is 5.32 Å². The second-order valence-corrected chi connectivity index (χ2v) is 4.71. The zero-order valence-electron chi connectivity index (χ0n) is 11.5. The van der Waals surface area contributed by atoms with Crippen LogP contribution >= 0.6 is 0 Å². The highest BCUT2D eigenvalue weighted by Gasteiger charge is 2.03. The lowest BCUT2D eigenvalue weighted by Gasteiger charge is -2.09. The van der Waals surface area contributed by atoms with Gasteiger partial charge in [0.2, 0.25) is 5.91 Å². The number of nitrogens with one attached hydrogen (secondary N) is 1. The molecule has 0 spiro atoms. The van der Waals surface area contributed by atoms with Gasteiger partial charge in [0.1, 0.15) is 0 Å². The summed E-state index contributed by atoms with van der Waals surface area (Å²) in [5.41, 5.74) is 1.93. The molecule has 0 heterocycles. The van der Waals surface area contributed by atoms with E-state index in [2.05, 4.69) is 12.2 Å². The summed E-state index contributed by atoms with van der Waals surface area (Å²) in [5, 5.41) is 2.91. The van der Waals surface area contributed by atoms with Crippen molar-refractivity contribution in [3.8, 4) is 0 Å². The summed E-state index contributed by atoms with van der Waals surface area (Å²) < 4.78 is 5.54. The van der Waals surface area contributed by atoms with Gasteiger partial charge in [-0.15, -0.1) is 0 Å². The first kappa shape index (κ1) is 14.7. The van der Waals surface area contributed by atoms with E-state index in [1.54, 1.807) is 0 Å². The molecule has 1 aromatic rings. The molecule has 1 N–H and O–H groups in total. The minimum atomic E-state index is 0.0822. The fraction of sp³-hybridized carbons (Fsp3) is 0.533. The van der Waals surface area contributed by atoms with Crippen molar-refractivity contribution in [3.63, 3.8) is 0 Å². The second-order valence-electron chi connectivity index (χ2n) is 4.71. The quantitative estimate of drug-likeness (QED) is 0.799. The molecular weight excluding hydrogens is 226 g/mol. The van der Waals surface area contributed by atoms with Crippen LogP contribution in [0.1, 0.15) is 45.6 Å². The lowest BCUT2D eigenvalue weighted by Crippen LogP contribution is -2.11. The number of carbonyl (C=O) groups is 1. The van der Waals surface area contributed by atoms with Gasteiger partial charge in [0, 0.05) is 12.1 Å². The number of ether oxygens (including phenoxy) is 1. The smallest absolute Gasteiger partial charge is 0.224 e. The summed E-state index contributed by atoms with van der Waals surface area (Å²) in [5.74, 6) is 0.0822. The molecule has 0 bridgehead atoms. The average molecular weight is 249 g/mol. The Bertz CT molecular complexity index is 375.